The van der Waals surface area contributed by atoms with Crippen molar-refractivity contribution in [2.45, 2.75) is 18.4 Å². The van der Waals surface area contributed by atoms with Crippen LogP contribution in [0.4, 0.5) is 17.1 Å². The topological polar surface area (TPSA) is 98.3 Å². The Morgan fingerprint density at radius 1 is 1.00 bits per heavy atom. The van der Waals surface area contributed by atoms with Crippen LogP contribution in [0, 0.1) is 26.1 Å². The first-order valence-corrected chi connectivity index (χ1v) is 8.01. The molecule has 2 aromatic rings. The van der Waals surface area contributed by atoms with Gasteiger partial charge in [0.25, 0.3) is 11.4 Å². The van der Waals surface area contributed by atoms with Gasteiger partial charge >= 0.3 is 0 Å². The van der Waals surface area contributed by atoms with E-state index < -0.39 is 4.92 Å². The van der Waals surface area contributed by atoms with Gasteiger partial charge in [-0.2, -0.15) is 0 Å². The summed E-state index contributed by atoms with van der Waals surface area (Å²) in [7, 11) is 0. The van der Waals surface area contributed by atoms with E-state index in [1.165, 1.54) is 18.2 Å². The van der Waals surface area contributed by atoms with Crippen molar-refractivity contribution in [3.63, 3.8) is 0 Å². The Kier molecular flexibility index (Phi) is 3.49. The molecule has 0 amide bonds. The summed E-state index contributed by atoms with van der Waals surface area (Å²) in [6, 6.07) is 11.4. The monoisotopic (exact) mass is 337 g/mol. The smallest absolute Gasteiger partial charge is 0.292 e. The summed E-state index contributed by atoms with van der Waals surface area (Å²) in [5.41, 5.74) is 2.47. The number of nitro benzene ring substituents is 2. The van der Waals surface area contributed by atoms with Crippen LogP contribution in [0.1, 0.15) is 29.5 Å². The third-order valence-corrected chi connectivity index (χ3v) is 5.03. The van der Waals surface area contributed by atoms with Crippen molar-refractivity contribution in [1.82, 2.24) is 0 Å². The zero-order valence-electron chi connectivity index (χ0n) is 13.2. The minimum absolute atomic E-state index is 0.0343. The number of benzene rings is 2. The van der Waals surface area contributed by atoms with Crippen molar-refractivity contribution >= 4 is 17.1 Å². The fourth-order valence-corrected chi connectivity index (χ4v) is 3.89. The molecule has 25 heavy (non-hydrogen) atoms. The molecule has 7 heteroatoms. The van der Waals surface area contributed by atoms with Crippen LogP contribution in [0.2, 0.25) is 0 Å². The van der Waals surface area contributed by atoms with Crippen molar-refractivity contribution in [2.24, 2.45) is 5.92 Å². The van der Waals surface area contributed by atoms with E-state index in [1.54, 1.807) is 18.2 Å². The fraction of sp³-hybridized carbons (Fsp3) is 0.222. The molecule has 2 aliphatic rings. The number of nitrogens with zero attached hydrogens (tertiary/aromatic N) is 2. The number of rotatable bonds is 3. The van der Waals surface area contributed by atoms with Crippen molar-refractivity contribution in [2.75, 3.05) is 5.32 Å². The van der Waals surface area contributed by atoms with Gasteiger partial charge in [0.2, 0.25) is 0 Å². The molecule has 3 atom stereocenters. The van der Waals surface area contributed by atoms with Gasteiger partial charge in [0, 0.05) is 24.1 Å². The maximum Gasteiger partial charge on any atom is 0.292 e. The van der Waals surface area contributed by atoms with E-state index in [0.717, 1.165) is 17.5 Å². The molecule has 126 valence electrons. The van der Waals surface area contributed by atoms with Gasteiger partial charge in [-0.05, 0) is 23.5 Å². The van der Waals surface area contributed by atoms with E-state index >= 15 is 0 Å². The molecule has 1 aliphatic carbocycles. The van der Waals surface area contributed by atoms with E-state index in [-0.39, 0.29) is 34.2 Å². The fourth-order valence-electron chi connectivity index (χ4n) is 3.89. The molecular weight excluding hydrogens is 322 g/mol. The summed E-state index contributed by atoms with van der Waals surface area (Å²) >= 11 is 0. The number of nitro groups is 2. The number of fused-ring (bicyclic) bond motifs is 3. The first-order valence-electron chi connectivity index (χ1n) is 8.01. The largest absolute Gasteiger partial charge is 0.372 e. The van der Waals surface area contributed by atoms with Crippen LogP contribution in [0.15, 0.2) is 54.6 Å². The van der Waals surface area contributed by atoms with Crippen molar-refractivity contribution in [1.29, 1.82) is 0 Å². The van der Waals surface area contributed by atoms with Crippen LogP contribution in [0.5, 0.6) is 0 Å². The van der Waals surface area contributed by atoms with Gasteiger partial charge in [0.05, 0.1) is 15.9 Å². The molecule has 2 aromatic carbocycles. The van der Waals surface area contributed by atoms with Crippen LogP contribution in [-0.4, -0.2) is 9.85 Å². The van der Waals surface area contributed by atoms with E-state index in [9.17, 15) is 20.2 Å². The normalized spacial score (nSPS) is 23.4. The van der Waals surface area contributed by atoms with E-state index in [1.807, 2.05) is 6.07 Å². The maximum absolute atomic E-state index is 11.4. The number of nitrogens with one attached hydrogen (secondary N) is 1. The van der Waals surface area contributed by atoms with Crippen LogP contribution < -0.4 is 5.32 Å². The van der Waals surface area contributed by atoms with E-state index in [4.69, 9.17) is 0 Å². The van der Waals surface area contributed by atoms with Gasteiger partial charge in [-0.15, -0.1) is 0 Å². The lowest BCUT2D eigenvalue weighted by molar-refractivity contribution is -0.384. The maximum atomic E-state index is 11.4. The highest BCUT2D eigenvalue weighted by Crippen LogP contribution is 2.51. The molecule has 4 rings (SSSR count). The minimum Gasteiger partial charge on any atom is -0.372 e. The summed E-state index contributed by atoms with van der Waals surface area (Å²) in [5.74, 6) is 0.340. The quantitative estimate of drug-likeness (QED) is 0.510. The summed E-state index contributed by atoms with van der Waals surface area (Å²) in [4.78, 5) is 21.5. The lowest BCUT2D eigenvalue weighted by Crippen LogP contribution is -2.29. The predicted molar refractivity (Wildman–Crippen MR) is 92.5 cm³/mol. The van der Waals surface area contributed by atoms with Crippen LogP contribution in [-0.2, 0) is 0 Å². The third kappa shape index (κ3) is 2.44. The Bertz CT molecular complexity index is 892. The summed E-state index contributed by atoms with van der Waals surface area (Å²) < 4.78 is 0. The number of non-ortho nitro benzene ring substituents is 1. The standard InChI is InChI=1S/C18H15N3O4/c22-20(23)12-9-7-11(8-10-12)17-14-4-1-3-13(14)15-5-2-6-16(21(24)25)18(15)19-17/h1-3,5-10,13-14,17,19H,4H2/t13-,14+,17-/m0/s1. The first kappa shape index (κ1) is 15.3. The molecule has 0 radical (unpaired) electrons. The van der Waals surface area contributed by atoms with Crippen molar-refractivity contribution in [3.05, 3.63) is 86.0 Å². The number of hydrogen-bond donors (Lipinski definition) is 1. The molecule has 1 N–H and O–H groups in total. The van der Waals surface area contributed by atoms with Gasteiger partial charge in [-0.3, -0.25) is 20.2 Å². The lowest BCUT2D eigenvalue weighted by Gasteiger charge is -2.37. The zero-order valence-corrected chi connectivity index (χ0v) is 13.2. The highest BCUT2D eigenvalue weighted by Gasteiger charge is 2.40. The first-order chi connectivity index (χ1) is 12.1. The molecule has 0 spiro atoms. The minimum atomic E-state index is -0.432. The second-order valence-electron chi connectivity index (χ2n) is 6.32. The van der Waals surface area contributed by atoms with Crippen LogP contribution in [0.3, 0.4) is 0 Å². The highest BCUT2D eigenvalue weighted by molar-refractivity contribution is 5.71. The van der Waals surface area contributed by atoms with Crippen molar-refractivity contribution in [3.8, 4) is 0 Å². The Labute approximate surface area is 143 Å². The van der Waals surface area contributed by atoms with E-state index in [0.29, 0.717) is 5.69 Å². The molecule has 0 bridgehead atoms. The second-order valence-corrected chi connectivity index (χ2v) is 6.32. The summed E-state index contributed by atoms with van der Waals surface area (Å²) in [6.07, 6.45) is 5.07. The molecule has 0 fully saturated rings. The molecule has 1 aliphatic heterocycles. The Balaban J connectivity index is 1.78. The van der Waals surface area contributed by atoms with Gasteiger partial charge in [-0.25, -0.2) is 0 Å². The zero-order chi connectivity index (χ0) is 17.6. The van der Waals surface area contributed by atoms with Crippen LogP contribution in [0.25, 0.3) is 0 Å². The molecule has 0 saturated carbocycles. The van der Waals surface area contributed by atoms with Gasteiger partial charge < -0.3 is 5.32 Å². The summed E-state index contributed by atoms with van der Waals surface area (Å²) in [6.45, 7) is 0. The molecular formula is C18H15N3O4. The number of anilines is 1. The second kappa shape index (κ2) is 5.70. The SMILES string of the molecule is O=[N+]([O-])c1ccc([C@@H]2Nc3c(cccc3[N+](=O)[O-])[C@H]3C=CC[C@H]32)cc1. The molecule has 0 unspecified atom stereocenters. The predicted octanol–water partition coefficient (Wildman–Crippen LogP) is 4.33. The average Bonchev–Trinajstić information content (AvgIpc) is 3.10. The summed E-state index contributed by atoms with van der Waals surface area (Å²) in [5, 5.41) is 25.6. The number of para-hydroxylation sites is 1. The number of allylic oxidation sites excluding steroid dienone is 2. The third-order valence-electron chi connectivity index (χ3n) is 5.03. The van der Waals surface area contributed by atoms with Gasteiger partial charge in [-0.1, -0.05) is 36.4 Å². The Hall–Kier alpha value is -3.22. The molecule has 0 saturated heterocycles. The van der Waals surface area contributed by atoms with Gasteiger partial charge in [0.1, 0.15) is 5.69 Å². The van der Waals surface area contributed by atoms with Crippen molar-refractivity contribution < 1.29 is 9.85 Å². The Morgan fingerprint density at radius 2 is 1.76 bits per heavy atom. The molecule has 0 aromatic heterocycles. The molecule has 7 nitrogen and oxygen atoms in total. The average molecular weight is 337 g/mol. The van der Waals surface area contributed by atoms with Gasteiger partial charge in [0.15, 0.2) is 0 Å². The molecule has 1 heterocycles. The van der Waals surface area contributed by atoms with E-state index in [2.05, 4.69) is 17.5 Å². The number of hydrogen-bond acceptors (Lipinski definition) is 5. The lowest BCUT2D eigenvalue weighted by atomic mass is 9.77. The Morgan fingerprint density at radius 3 is 2.44 bits per heavy atom. The highest BCUT2D eigenvalue weighted by atomic mass is 16.6. The van der Waals surface area contributed by atoms with Crippen LogP contribution >= 0.6 is 0 Å².